The van der Waals surface area contributed by atoms with Gasteiger partial charge in [-0.25, -0.2) is 0 Å². The maximum absolute atomic E-state index is 2.49. The molecule has 3 aliphatic carbocycles. The maximum Gasteiger partial charge on any atom is 0.0721 e. The largest absolute Gasteiger partial charge is 0.0809 e. The van der Waals surface area contributed by atoms with Gasteiger partial charge in [0.05, 0.1) is 8.80 Å². The molecule has 2 saturated carbocycles. The van der Waals surface area contributed by atoms with Crippen LogP contribution < -0.4 is 0 Å². The maximum atomic E-state index is 2.49. The summed E-state index contributed by atoms with van der Waals surface area (Å²) in [7, 11) is -0.593. The topological polar surface area (TPSA) is 0 Å². The molecule has 0 amide bonds. The lowest BCUT2D eigenvalue weighted by atomic mass is 10.3. The fourth-order valence-corrected chi connectivity index (χ4v) is 9.44. The predicted octanol–water partition coefficient (Wildman–Crippen LogP) is 4.53. The third-order valence-corrected chi connectivity index (χ3v) is 9.69. The average molecular weight is 232 g/mol. The Kier molecular flexibility index (Phi) is 3.32. The second-order valence-corrected chi connectivity index (χ2v) is 9.67. The molecule has 0 spiro atoms. The summed E-state index contributed by atoms with van der Waals surface area (Å²) >= 11 is 0. The van der Waals surface area contributed by atoms with Crippen LogP contribution in [0.1, 0.15) is 57.8 Å². The van der Waals surface area contributed by atoms with Gasteiger partial charge < -0.3 is 0 Å². The summed E-state index contributed by atoms with van der Waals surface area (Å²) < 4.78 is 0. The van der Waals surface area contributed by atoms with Crippen molar-refractivity contribution in [2.75, 3.05) is 0 Å². The molecule has 0 saturated heterocycles. The van der Waals surface area contributed by atoms with Gasteiger partial charge in [-0.2, -0.15) is 0 Å². The van der Waals surface area contributed by atoms with Gasteiger partial charge in [-0.3, -0.25) is 0 Å². The van der Waals surface area contributed by atoms with Crippen molar-refractivity contribution in [1.82, 2.24) is 0 Å². The van der Waals surface area contributed by atoms with Gasteiger partial charge in [0.25, 0.3) is 0 Å². The average Bonchev–Trinajstić information content (AvgIpc) is 3.02. The number of hydrogen-bond donors (Lipinski definition) is 0. The molecule has 0 aromatic rings. The Bertz CT molecular complexity index is 275. The van der Waals surface area contributed by atoms with Gasteiger partial charge in [-0.15, -0.1) is 0 Å². The summed E-state index contributed by atoms with van der Waals surface area (Å²) in [5.74, 6) is 0. The van der Waals surface area contributed by atoms with Crippen LogP contribution in [0, 0.1) is 0 Å². The normalized spacial score (nSPS) is 27.2. The fourth-order valence-electron chi connectivity index (χ4n) is 4.33. The molecule has 1 heteroatoms. The van der Waals surface area contributed by atoms with Gasteiger partial charge in [-0.1, -0.05) is 74.8 Å². The molecule has 0 bridgehead atoms. The Morgan fingerprint density at radius 2 is 1.44 bits per heavy atom. The first-order valence-electron chi connectivity index (χ1n) is 7.31. The van der Waals surface area contributed by atoms with E-state index >= 15 is 0 Å². The van der Waals surface area contributed by atoms with Crippen LogP contribution in [0.2, 0.25) is 11.1 Å². The molecule has 0 atom stereocenters. The van der Waals surface area contributed by atoms with Crippen LogP contribution in [0.5, 0.6) is 0 Å². The Balaban J connectivity index is 1.76. The lowest BCUT2D eigenvalue weighted by Gasteiger charge is -2.29. The molecule has 88 valence electrons. The van der Waals surface area contributed by atoms with Crippen molar-refractivity contribution in [1.29, 1.82) is 0 Å². The first-order chi connectivity index (χ1) is 7.95. The van der Waals surface area contributed by atoms with Crippen molar-refractivity contribution in [3.8, 4) is 0 Å². The summed E-state index contributed by atoms with van der Waals surface area (Å²) in [5.41, 5.74) is 2.35. The van der Waals surface area contributed by atoms with Crippen LogP contribution in [0.15, 0.2) is 23.4 Å². The third kappa shape index (κ3) is 2.07. The van der Waals surface area contributed by atoms with Crippen LogP contribution in [-0.4, -0.2) is 8.80 Å². The van der Waals surface area contributed by atoms with Crippen molar-refractivity contribution in [2.45, 2.75) is 68.9 Å². The summed E-state index contributed by atoms with van der Waals surface area (Å²) in [6, 6.07) is 0. The van der Waals surface area contributed by atoms with E-state index < -0.39 is 8.80 Å². The highest BCUT2D eigenvalue weighted by Crippen LogP contribution is 2.46. The molecular weight excluding hydrogens is 208 g/mol. The molecule has 0 radical (unpaired) electrons. The fraction of sp³-hybridized carbons (Fsp3) is 0.733. The summed E-state index contributed by atoms with van der Waals surface area (Å²) in [6.07, 6.45) is 20.9. The van der Waals surface area contributed by atoms with E-state index in [-0.39, 0.29) is 0 Å². The molecule has 0 aromatic carbocycles. The van der Waals surface area contributed by atoms with Crippen molar-refractivity contribution >= 4 is 8.80 Å². The SMILES string of the molecule is C1=CCC([SiH](C2CCCC2)C2CCCC2)=C1. The highest BCUT2D eigenvalue weighted by molar-refractivity contribution is 6.70. The minimum absolute atomic E-state index is 0.593. The molecule has 3 aliphatic rings. The molecule has 0 heterocycles. The van der Waals surface area contributed by atoms with Crippen LogP contribution in [0.3, 0.4) is 0 Å². The zero-order valence-corrected chi connectivity index (χ0v) is 11.5. The Labute approximate surface area is 101 Å². The van der Waals surface area contributed by atoms with Gasteiger partial charge in [-0.05, 0) is 17.5 Å². The van der Waals surface area contributed by atoms with E-state index in [1.807, 2.05) is 5.20 Å². The first kappa shape index (κ1) is 10.8. The van der Waals surface area contributed by atoms with E-state index in [4.69, 9.17) is 0 Å². The zero-order valence-electron chi connectivity index (χ0n) is 10.3. The van der Waals surface area contributed by atoms with Gasteiger partial charge >= 0.3 is 0 Å². The highest BCUT2D eigenvalue weighted by Gasteiger charge is 2.36. The van der Waals surface area contributed by atoms with Crippen LogP contribution in [0.4, 0.5) is 0 Å². The van der Waals surface area contributed by atoms with Crippen molar-refractivity contribution in [3.63, 3.8) is 0 Å². The third-order valence-electron chi connectivity index (χ3n) is 5.04. The van der Waals surface area contributed by atoms with Gasteiger partial charge in [0.2, 0.25) is 0 Å². The smallest absolute Gasteiger partial charge is 0.0721 e. The van der Waals surface area contributed by atoms with Crippen LogP contribution >= 0.6 is 0 Å². The lowest BCUT2D eigenvalue weighted by molar-refractivity contribution is 0.775. The molecule has 2 fully saturated rings. The zero-order chi connectivity index (χ0) is 10.8. The standard InChI is InChI=1S/C15H24Si/c1-2-8-13(7-1)16(14-9-3-4-10-14)15-11-5-6-12-15/h1-2,7,14-16H,3-6,8-12H2. The Morgan fingerprint density at radius 3 is 1.88 bits per heavy atom. The van der Waals surface area contributed by atoms with Crippen molar-refractivity contribution in [2.24, 2.45) is 0 Å². The molecule has 0 aliphatic heterocycles. The second-order valence-electron chi connectivity index (χ2n) is 5.99. The highest BCUT2D eigenvalue weighted by atomic mass is 28.3. The molecule has 3 rings (SSSR count). The summed E-state index contributed by atoms with van der Waals surface area (Å²) in [4.78, 5) is 0. The van der Waals surface area contributed by atoms with Gasteiger partial charge in [0, 0.05) is 0 Å². The quantitative estimate of drug-likeness (QED) is 0.627. The summed E-state index contributed by atoms with van der Waals surface area (Å²) in [5, 5.41) is 1.92. The number of hydrogen-bond acceptors (Lipinski definition) is 0. The Hall–Kier alpha value is -0.303. The van der Waals surface area contributed by atoms with Crippen LogP contribution in [0.25, 0.3) is 0 Å². The van der Waals surface area contributed by atoms with E-state index in [1.54, 1.807) is 25.7 Å². The number of allylic oxidation sites excluding steroid dienone is 4. The van der Waals surface area contributed by atoms with Crippen molar-refractivity contribution < 1.29 is 0 Å². The molecular formula is C15H24Si. The summed E-state index contributed by atoms with van der Waals surface area (Å²) in [6.45, 7) is 0. The van der Waals surface area contributed by atoms with Gasteiger partial charge in [0.1, 0.15) is 0 Å². The van der Waals surface area contributed by atoms with Gasteiger partial charge in [0.15, 0.2) is 0 Å². The second kappa shape index (κ2) is 4.91. The molecule has 0 nitrogen and oxygen atoms in total. The minimum atomic E-state index is -0.593. The van der Waals surface area contributed by atoms with E-state index in [1.165, 1.54) is 43.2 Å². The molecule has 0 unspecified atom stereocenters. The lowest BCUT2D eigenvalue weighted by Crippen LogP contribution is -2.27. The minimum Gasteiger partial charge on any atom is -0.0809 e. The van der Waals surface area contributed by atoms with Crippen molar-refractivity contribution in [3.05, 3.63) is 23.4 Å². The molecule has 16 heavy (non-hydrogen) atoms. The monoisotopic (exact) mass is 232 g/mol. The first-order valence-corrected chi connectivity index (χ1v) is 9.22. The van der Waals surface area contributed by atoms with E-state index in [9.17, 15) is 0 Å². The predicted molar refractivity (Wildman–Crippen MR) is 73.4 cm³/mol. The van der Waals surface area contributed by atoms with Crippen LogP contribution in [-0.2, 0) is 0 Å². The Morgan fingerprint density at radius 1 is 0.875 bits per heavy atom. The number of rotatable bonds is 3. The van der Waals surface area contributed by atoms with E-state index in [0.29, 0.717) is 0 Å². The van der Waals surface area contributed by atoms with E-state index in [2.05, 4.69) is 18.2 Å². The molecule has 0 N–H and O–H groups in total. The molecule has 0 aromatic heterocycles. The van der Waals surface area contributed by atoms with E-state index in [0.717, 1.165) is 0 Å².